The van der Waals surface area contributed by atoms with Crippen LogP contribution in [0.3, 0.4) is 0 Å². The fraction of sp³-hybridized carbons (Fsp3) is 0.182. The predicted octanol–water partition coefficient (Wildman–Crippen LogP) is 5.45. The van der Waals surface area contributed by atoms with Crippen LogP contribution in [0.2, 0.25) is 5.02 Å². The molecule has 2 aromatic carbocycles. The van der Waals surface area contributed by atoms with Gasteiger partial charge in [-0.3, -0.25) is 10.1 Å². The summed E-state index contributed by atoms with van der Waals surface area (Å²) in [7, 11) is 1.57. The van der Waals surface area contributed by atoms with Crippen LogP contribution in [0.1, 0.15) is 22.9 Å². The SMILES string of the molecule is C/C=C/c1ccc(OCC(=O)Nc2ncc(Cc3ccc(Cl)cc3)s2)c(OC)c1. The van der Waals surface area contributed by atoms with Gasteiger partial charge in [0.15, 0.2) is 23.2 Å². The van der Waals surface area contributed by atoms with Gasteiger partial charge in [0.05, 0.1) is 7.11 Å². The first kappa shape index (κ1) is 20.9. The number of benzene rings is 2. The molecule has 1 amide bonds. The van der Waals surface area contributed by atoms with E-state index in [1.165, 1.54) is 11.3 Å². The lowest BCUT2D eigenvalue weighted by atomic mass is 10.1. The molecule has 1 heterocycles. The standard InChI is InChI=1S/C22H21ClN2O3S/c1-3-4-15-7-10-19(20(12-15)27-2)28-14-21(26)25-22-24-13-18(29-22)11-16-5-8-17(23)9-6-16/h3-10,12-13H,11,14H2,1-2H3,(H,24,25,26)/b4-3+. The first-order valence-corrected chi connectivity index (χ1v) is 10.2. The van der Waals surface area contributed by atoms with Crippen LogP contribution in [0.5, 0.6) is 11.5 Å². The molecule has 0 bridgehead atoms. The molecular weight excluding hydrogens is 408 g/mol. The summed E-state index contributed by atoms with van der Waals surface area (Å²) in [4.78, 5) is 17.5. The Hall–Kier alpha value is -2.83. The Morgan fingerprint density at radius 2 is 2.00 bits per heavy atom. The number of ether oxygens (including phenoxy) is 2. The van der Waals surface area contributed by atoms with E-state index in [2.05, 4.69) is 10.3 Å². The van der Waals surface area contributed by atoms with Gasteiger partial charge in [-0.1, -0.05) is 42.0 Å². The summed E-state index contributed by atoms with van der Waals surface area (Å²) in [6, 6.07) is 13.2. The van der Waals surface area contributed by atoms with Crippen LogP contribution in [0.25, 0.3) is 6.08 Å². The average molecular weight is 429 g/mol. The predicted molar refractivity (Wildman–Crippen MR) is 118 cm³/mol. The molecule has 3 aromatic rings. The summed E-state index contributed by atoms with van der Waals surface area (Å²) >= 11 is 7.34. The third-order valence-corrected chi connectivity index (χ3v) is 5.16. The molecule has 0 saturated carbocycles. The molecule has 0 atom stereocenters. The lowest BCUT2D eigenvalue weighted by molar-refractivity contribution is -0.118. The smallest absolute Gasteiger partial charge is 0.264 e. The number of amides is 1. The van der Waals surface area contributed by atoms with Gasteiger partial charge in [0.2, 0.25) is 0 Å². The summed E-state index contributed by atoms with van der Waals surface area (Å²) in [6.45, 7) is 1.81. The Morgan fingerprint density at radius 1 is 1.21 bits per heavy atom. The third kappa shape index (κ3) is 6.07. The number of hydrogen-bond acceptors (Lipinski definition) is 5. The van der Waals surface area contributed by atoms with Crippen molar-refractivity contribution < 1.29 is 14.3 Å². The number of methoxy groups -OCH3 is 1. The number of allylic oxidation sites excluding steroid dienone is 1. The Kier molecular flexibility index (Phi) is 7.27. The van der Waals surface area contributed by atoms with Crippen LogP contribution >= 0.6 is 22.9 Å². The molecule has 5 nitrogen and oxygen atoms in total. The maximum Gasteiger partial charge on any atom is 0.264 e. The van der Waals surface area contributed by atoms with Gasteiger partial charge in [-0.15, -0.1) is 11.3 Å². The van der Waals surface area contributed by atoms with Gasteiger partial charge in [0.1, 0.15) is 0 Å². The summed E-state index contributed by atoms with van der Waals surface area (Å²) in [5.41, 5.74) is 2.13. The average Bonchev–Trinajstić information content (AvgIpc) is 3.15. The van der Waals surface area contributed by atoms with Gasteiger partial charge in [-0.05, 0) is 42.3 Å². The molecule has 0 unspecified atom stereocenters. The van der Waals surface area contributed by atoms with E-state index in [4.69, 9.17) is 21.1 Å². The lowest BCUT2D eigenvalue weighted by Crippen LogP contribution is -2.20. The minimum absolute atomic E-state index is 0.134. The second-order valence-electron chi connectivity index (χ2n) is 6.18. The molecule has 0 spiro atoms. The number of nitrogens with zero attached hydrogens (tertiary/aromatic N) is 1. The number of nitrogens with one attached hydrogen (secondary N) is 1. The highest BCUT2D eigenvalue weighted by Crippen LogP contribution is 2.28. The van der Waals surface area contributed by atoms with E-state index in [1.807, 2.05) is 55.5 Å². The normalized spacial score (nSPS) is 10.9. The van der Waals surface area contributed by atoms with Crippen molar-refractivity contribution in [3.8, 4) is 11.5 Å². The van der Waals surface area contributed by atoms with Crippen molar-refractivity contribution in [3.05, 3.63) is 75.8 Å². The Bertz CT molecular complexity index is 1000. The highest BCUT2D eigenvalue weighted by atomic mass is 35.5. The monoisotopic (exact) mass is 428 g/mol. The van der Waals surface area contributed by atoms with E-state index < -0.39 is 0 Å². The van der Waals surface area contributed by atoms with E-state index in [0.717, 1.165) is 22.4 Å². The molecule has 0 radical (unpaired) electrons. The van der Waals surface area contributed by atoms with Gasteiger partial charge >= 0.3 is 0 Å². The minimum atomic E-state index is -0.281. The van der Waals surface area contributed by atoms with Gasteiger partial charge in [-0.2, -0.15) is 0 Å². The molecule has 0 aliphatic rings. The van der Waals surface area contributed by atoms with Crippen molar-refractivity contribution >= 4 is 40.1 Å². The van der Waals surface area contributed by atoms with E-state index in [0.29, 0.717) is 21.7 Å². The van der Waals surface area contributed by atoms with Crippen molar-refractivity contribution in [2.24, 2.45) is 0 Å². The first-order valence-electron chi connectivity index (χ1n) is 9.00. The quantitative estimate of drug-likeness (QED) is 0.518. The molecule has 7 heteroatoms. The van der Waals surface area contributed by atoms with Gasteiger partial charge in [-0.25, -0.2) is 4.98 Å². The highest BCUT2D eigenvalue weighted by molar-refractivity contribution is 7.15. The fourth-order valence-corrected chi connectivity index (χ4v) is 3.64. The number of carbonyl (C=O) groups is 1. The van der Waals surface area contributed by atoms with Gasteiger partial charge in [0, 0.05) is 22.5 Å². The molecule has 1 aromatic heterocycles. The number of anilines is 1. The van der Waals surface area contributed by atoms with Crippen LogP contribution in [-0.2, 0) is 11.2 Å². The van der Waals surface area contributed by atoms with Crippen molar-refractivity contribution in [3.63, 3.8) is 0 Å². The van der Waals surface area contributed by atoms with Crippen molar-refractivity contribution in [2.75, 3.05) is 19.0 Å². The van der Waals surface area contributed by atoms with E-state index in [9.17, 15) is 4.79 Å². The number of thiazole rings is 1. The zero-order valence-electron chi connectivity index (χ0n) is 16.1. The largest absolute Gasteiger partial charge is 0.493 e. The molecule has 0 aliphatic heterocycles. The number of halogens is 1. The summed E-state index contributed by atoms with van der Waals surface area (Å²) in [5.74, 6) is 0.809. The maximum absolute atomic E-state index is 12.2. The number of carbonyl (C=O) groups excluding carboxylic acids is 1. The maximum atomic E-state index is 12.2. The molecule has 0 saturated heterocycles. The lowest BCUT2D eigenvalue weighted by Gasteiger charge is -2.11. The van der Waals surface area contributed by atoms with E-state index >= 15 is 0 Å². The number of hydrogen-bond donors (Lipinski definition) is 1. The third-order valence-electron chi connectivity index (χ3n) is 4.00. The van der Waals surface area contributed by atoms with Crippen LogP contribution in [0.15, 0.2) is 54.7 Å². The van der Waals surface area contributed by atoms with Crippen molar-refractivity contribution in [1.82, 2.24) is 4.98 Å². The van der Waals surface area contributed by atoms with Crippen molar-refractivity contribution in [2.45, 2.75) is 13.3 Å². The molecule has 3 rings (SSSR count). The molecule has 29 heavy (non-hydrogen) atoms. The van der Waals surface area contributed by atoms with Gasteiger partial charge < -0.3 is 9.47 Å². The summed E-state index contributed by atoms with van der Waals surface area (Å²) < 4.78 is 11.0. The molecule has 0 aliphatic carbocycles. The van der Waals surface area contributed by atoms with Crippen LogP contribution in [0, 0.1) is 0 Å². The Balaban J connectivity index is 1.55. The summed E-state index contributed by atoms with van der Waals surface area (Å²) in [6.07, 6.45) is 6.40. The Labute approximate surface area is 179 Å². The topological polar surface area (TPSA) is 60.5 Å². The fourth-order valence-electron chi connectivity index (χ4n) is 2.65. The molecule has 150 valence electrons. The second-order valence-corrected chi connectivity index (χ2v) is 7.73. The Morgan fingerprint density at radius 3 is 2.72 bits per heavy atom. The number of rotatable bonds is 8. The van der Waals surface area contributed by atoms with Crippen LogP contribution < -0.4 is 14.8 Å². The molecule has 1 N–H and O–H groups in total. The number of aromatic nitrogens is 1. The summed E-state index contributed by atoms with van der Waals surface area (Å²) in [5, 5.41) is 4.01. The zero-order chi connectivity index (χ0) is 20.6. The van der Waals surface area contributed by atoms with E-state index in [1.54, 1.807) is 19.4 Å². The van der Waals surface area contributed by atoms with Crippen molar-refractivity contribution in [1.29, 1.82) is 0 Å². The first-order chi connectivity index (χ1) is 14.1. The molecule has 0 fully saturated rings. The zero-order valence-corrected chi connectivity index (χ0v) is 17.7. The minimum Gasteiger partial charge on any atom is -0.493 e. The molecular formula is C22H21ClN2O3S. The second kappa shape index (κ2) is 10.1. The van der Waals surface area contributed by atoms with Crippen LogP contribution in [-0.4, -0.2) is 24.6 Å². The van der Waals surface area contributed by atoms with Gasteiger partial charge in [0.25, 0.3) is 5.91 Å². The highest BCUT2D eigenvalue weighted by Gasteiger charge is 2.11. The van der Waals surface area contributed by atoms with E-state index in [-0.39, 0.29) is 12.5 Å². The van der Waals surface area contributed by atoms with Crippen LogP contribution in [0.4, 0.5) is 5.13 Å².